The second-order valence-corrected chi connectivity index (χ2v) is 18.0. The maximum absolute atomic E-state index is 14.0. The highest BCUT2D eigenvalue weighted by Crippen LogP contribution is 2.52. The molecule has 0 bridgehead atoms. The minimum atomic E-state index is -2.17. The molecule has 3 aromatic rings. The minimum Gasteiger partial charge on any atom is -0.543 e. The summed E-state index contributed by atoms with van der Waals surface area (Å²) >= 11 is 0. The van der Waals surface area contributed by atoms with Crippen LogP contribution in [-0.4, -0.2) is 27.2 Å². The molecule has 0 fully saturated rings. The average Bonchev–Trinajstić information content (AvgIpc) is 3.16. The van der Waals surface area contributed by atoms with Gasteiger partial charge in [-0.15, -0.1) is 0 Å². The van der Waals surface area contributed by atoms with E-state index in [1.54, 1.807) is 19.2 Å². The first-order valence-electron chi connectivity index (χ1n) is 14.5. The normalized spacial score (nSPS) is 15.8. The van der Waals surface area contributed by atoms with E-state index in [4.69, 9.17) is 13.9 Å². The molecule has 0 unspecified atom stereocenters. The molecule has 0 spiro atoms. The Hall–Kier alpha value is -3.42. The molecule has 2 amide bonds. The lowest BCUT2D eigenvalue weighted by Crippen LogP contribution is -2.50. The van der Waals surface area contributed by atoms with Gasteiger partial charge in [-0.05, 0) is 71.9 Å². The summed E-state index contributed by atoms with van der Waals surface area (Å²) in [5.74, 6) is 0.838. The van der Waals surface area contributed by atoms with E-state index in [9.17, 15) is 9.59 Å². The second kappa shape index (κ2) is 10.4. The van der Waals surface area contributed by atoms with Gasteiger partial charge >= 0.3 is 0 Å². The first-order chi connectivity index (χ1) is 19.3. The van der Waals surface area contributed by atoms with Crippen molar-refractivity contribution in [1.82, 2.24) is 0 Å². The number of methoxy groups -OCH3 is 1. The molecule has 0 saturated heterocycles. The molecule has 0 aromatic heterocycles. The number of imide groups is 1. The molecule has 3 aromatic carbocycles. The van der Waals surface area contributed by atoms with Crippen molar-refractivity contribution in [2.24, 2.45) is 0 Å². The third kappa shape index (κ3) is 4.50. The van der Waals surface area contributed by atoms with E-state index in [-0.39, 0.29) is 18.4 Å². The topological polar surface area (TPSA) is 65.1 Å². The van der Waals surface area contributed by atoms with Crippen LogP contribution in [0.25, 0.3) is 11.1 Å². The van der Waals surface area contributed by atoms with Gasteiger partial charge in [0.05, 0.1) is 23.4 Å². The number of ether oxygens (including phenoxy) is 2. The predicted octanol–water partition coefficient (Wildman–Crippen LogP) is 8.48. The number of hydrogen-bond donors (Lipinski definition) is 0. The molecule has 0 atom stereocenters. The molecule has 0 saturated carbocycles. The monoisotopic (exact) mass is 571 g/mol. The van der Waals surface area contributed by atoms with E-state index in [0.717, 1.165) is 22.4 Å². The van der Waals surface area contributed by atoms with Crippen molar-refractivity contribution in [3.63, 3.8) is 0 Å². The van der Waals surface area contributed by atoms with Gasteiger partial charge < -0.3 is 13.9 Å². The first kappa shape index (κ1) is 29.1. The number of nitrogens with zero attached hydrogens (tertiary/aromatic N) is 1. The van der Waals surface area contributed by atoms with Crippen molar-refractivity contribution in [3.8, 4) is 22.6 Å². The zero-order valence-electron chi connectivity index (χ0n) is 25.6. The summed E-state index contributed by atoms with van der Waals surface area (Å²) in [6.07, 6.45) is 0. The highest BCUT2D eigenvalue weighted by atomic mass is 28.4. The Labute approximate surface area is 244 Å². The molecular weight excluding hydrogens is 530 g/mol. The maximum Gasteiger partial charge on any atom is 0.266 e. The molecule has 0 aliphatic carbocycles. The van der Waals surface area contributed by atoms with Crippen LogP contribution in [0.5, 0.6) is 11.5 Å². The van der Waals surface area contributed by atoms with Crippen LogP contribution in [0.15, 0.2) is 54.6 Å². The second-order valence-electron chi connectivity index (χ2n) is 12.6. The number of para-hydroxylation sites is 1. The van der Waals surface area contributed by atoms with Gasteiger partial charge in [-0.1, -0.05) is 59.7 Å². The largest absolute Gasteiger partial charge is 0.543 e. The van der Waals surface area contributed by atoms with E-state index >= 15 is 0 Å². The third-order valence-corrected chi connectivity index (χ3v) is 14.8. The summed E-state index contributed by atoms with van der Waals surface area (Å²) in [6, 6.07) is 17.1. The van der Waals surface area contributed by atoms with E-state index in [0.29, 0.717) is 44.8 Å². The van der Waals surface area contributed by atoms with E-state index < -0.39 is 13.9 Å². The van der Waals surface area contributed by atoms with Crippen LogP contribution in [0.2, 0.25) is 16.6 Å². The van der Waals surface area contributed by atoms with Crippen molar-refractivity contribution in [2.45, 2.75) is 84.2 Å². The number of benzene rings is 3. The molecule has 7 heteroatoms. The summed E-state index contributed by atoms with van der Waals surface area (Å²) in [4.78, 5) is 29.1. The lowest BCUT2D eigenvalue weighted by Gasteiger charge is -2.42. The zero-order chi connectivity index (χ0) is 29.9. The zero-order valence-corrected chi connectivity index (χ0v) is 26.6. The number of fused-ring (bicyclic) bond motifs is 5. The van der Waals surface area contributed by atoms with Crippen LogP contribution < -0.4 is 14.1 Å². The number of carbonyl (C=O) groups excluding carboxylic acids is 2. The predicted molar refractivity (Wildman–Crippen MR) is 166 cm³/mol. The van der Waals surface area contributed by atoms with Gasteiger partial charge in [0.1, 0.15) is 17.1 Å². The fourth-order valence-corrected chi connectivity index (χ4v) is 12.4. The molecule has 0 radical (unpaired) electrons. The summed E-state index contributed by atoms with van der Waals surface area (Å²) < 4.78 is 19.1. The van der Waals surface area contributed by atoms with Gasteiger partial charge in [0.15, 0.2) is 0 Å². The smallest absolute Gasteiger partial charge is 0.266 e. The lowest BCUT2D eigenvalue weighted by molar-refractivity contribution is 0.0905. The van der Waals surface area contributed by atoms with Crippen molar-refractivity contribution in [3.05, 3.63) is 76.9 Å². The van der Waals surface area contributed by atoms with Crippen LogP contribution in [0, 0.1) is 0 Å². The fourth-order valence-electron chi connectivity index (χ4n) is 7.19. The fraction of sp³-hybridized carbons (Fsp3) is 0.412. The van der Waals surface area contributed by atoms with Crippen LogP contribution in [0.4, 0.5) is 5.69 Å². The molecule has 2 aliphatic heterocycles. The Kier molecular flexibility index (Phi) is 7.41. The number of hydrogen-bond acceptors (Lipinski definition) is 5. The van der Waals surface area contributed by atoms with Gasteiger partial charge in [0.2, 0.25) is 0 Å². The lowest BCUT2D eigenvalue weighted by atomic mass is 9.80. The summed E-state index contributed by atoms with van der Waals surface area (Å²) in [6.45, 7) is 17.8. The van der Waals surface area contributed by atoms with Crippen molar-refractivity contribution in [2.75, 3.05) is 12.0 Å². The highest BCUT2D eigenvalue weighted by Gasteiger charge is 2.49. The molecule has 2 heterocycles. The Morgan fingerprint density at radius 2 is 1.44 bits per heavy atom. The molecule has 5 rings (SSSR count). The van der Waals surface area contributed by atoms with Crippen molar-refractivity contribution in [1.29, 1.82) is 0 Å². The van der Waals surface area contributed by atoms with Gasteiger partial charge in [-0.3, -0.25) is 9.59 Å². The van der Waals surface area contributed by atoms with Crippen LogP contribution in [0.1, 0.15) is 87.2 Å². The third-order valence-electron chi connectivity index (χ3n) is 8.77. The Morgan fingerprint density at radius 3 is 2.02 bits per heavy atom. The van der Waals surface area contributed by atoms with Crippen molar-refractivity contribution < 1.29 is 23.5 Å². The van der Waals surface area contributed by atoms with Crippen LogP contribution >= 0.6 is 0 Å². The van der Waals surface area contributed by atoms with Crippen LogP contribution in [-0.2, 0) is 16.9 Å². The molecule has 6 nitrogen and oxygen atoms in total. The molecule has 41 heavy (non-hydrogen) atoms. The maximum atomic E-state index is 14.0. The Morgan fingerprint density at radius 1 is 0.829 bits per heavy atom. The number of amides is 2. The Bertz CT molecular complexity index is 1490. The highest BCUT2D eigenvalue weighted by molar-refractivity contribution is 6.78. The summed E-state index contributed by atoms with van der Waals surface area (Å²) in [7, 11) is -0.573. The molecular formula is C34H41NO5Si. The van der Waals surface area contributed by atoms with Gasteiger partial charge in [0, 0.05) is 24.3 Å². The minimum absolute atomic E-state index is 0.209. The standard InChI is InChI=1S/C34H41NO5Si/c1-20(2)41(21(3)4,22(5)6)40-25-15-16-26-27-17-23(19-38-9)29-30(31(27)34(7,8)39-28(26)18-25)33(37)35(32(29)36)24-13-11-10-12-14-24/h10-18,20-22H,19H2,1-9H3. The molecule has 2 aliphatic rings. The average molecular weight is 572 g/mol. The van der Waals surface area contributed by atoms with E-state index in [1.807, 2.05) is 56.3 Å². The molecule has 216 valence electrons. The quantitative estimate of drug-likeness (QED) is 0.200. The van der Waals surface area contributed by atoms with Gasteiger partial charge in [-0.2, -0.15) is 0 Å². The number of carbonyl (C=O) groups is 2. The number of anilines is 1. The van der Waals surface area contributed by atoms with E-state index in [1.165, 1.54) is 4.90 Å². The van der Waals surface area contributed by atoms with E-state index in [2.05, 4.69) is 41.5 Å². The molecule has 0 N–H and O–H groups in total. The van der Waals surface area contributed by atoms with Crippen LogP contribution in [0.3, 0.4) is 0 Å². The summed E-state index contributed by atoms with van der Waals surface area (Å²) in [5.41, 5.74) is 4.93. The Balaban J connectivity index is 1.68. The number of rotatable bonds is 8. The van der Waals surface area contributed by atoms with Gasteiger partial charge in [-0.25, -0.2) is 4.90 Å². The SMILES string of the molecule is COCc1cc2c(c3c1C(=O)N(c1ccccc1)C3=O)C(C)(C)Oc1cc(O[Si](C(C)C)(C(C)C)C(C)C)ccc1-2. The first-order valence-corrected chi connectivity index (χ1v) is 16.6. The summed E-state index contributed by atoms with van der Waals surface area (Å²) in [5, 5.41) is 0. The van der Waals surface area contributed by atoms with Crippen molar-refractivity contribution >= 4 is 25.8 Å². The van der Waals surface area contributed by atoms with Gasteiger partial charge in [0.25, 0.3) is 20.1 Å².